The Balaban J connectivity index is 2.33. The summed E-state index contributed by atoms with van der Waals surface area (Å²) in [5.74, 6) is 0. The molecule has 1 aromatic carbocycles. The molecule has 1 aromatic rings. The Labute approximate surface area is 133 Å². The van der Waals surface area contributed by atoms with Crippen molar-refractivity contribution in [1.29, 1.82) is 0 Å². The van der Waals surface area contributed by atoms with E-state index in [4.69, 9.17) is 4.74 Å². The standard InChI is InChI=1S/C15H20N2O6/c1-15(2,3)23-14(20)16-8-10-6-11(17(21)22)5-4-9(10)7-12(16)13(18)19/h4-6,12-13,18-19H,7-8H2,1-3H3/t12-/m0/s1. The average Bonchev–Trinajstić information content (AvgIpc) is 2.43. The van der Waals surface area contributed by atoms with E-state index in [1.54, 1.807) is 26.8 Å². The van der Waals surface area contributed by atoms with Crippen LogP contribution in [0.15, 0.2) is 18.2 Å². The van der Waals surface area contributed by atoms with Gasteiger partial charge >= 0.3 is 6.09 Å². The quantitative estimate of drug-likeness (QED) is 0.485. The first-order chi connectivity index (χ1) is 10.6. The summed E-state index contributed by atoms with van der Waals surface area (Å²) < 4.78 is 5.28. The normalized spacial score (nSPS) is 17.8. The molecule has 1 aliphatic heterocycles. The van der Waals surface area contributed by atoms with Crippen molar-refractivity contribution in [3.63, 3.8) is 0 Å². The second-order valence-electron chi connectivity index (χ2n) is 6.50. The third kappa shape index (κ3) is 3.96. The number of hydrogen-bond acceptors (Lipinski definition) is 6. The molecule has 8 heteroatoms. The van der Waals surface area contributed by atoms with E-state index in [2.05, 4.69) is 0 Å². The van der Waals surface area contributed by atoms with Crippen LogP contribution in [0, 0.1) is 10.1 Å². The van der Waals surface area contributed by atoms with Gasteiger partial charge in [-0.25, -0.2) is 4.79 Å². The average molecular weight is 324 g/mol. The SMILES string of the molecule is CC(C)(C)OC(=O)N1Cc2cc([N+](=O)[O-])ccc2C[C@H]1C(O)O. The summed E-state index contributed by atoms with van der Waals surface area (Å²) in [4.78, 5) is 23.9. The first kappa shape index (κ1) is 17.2. The van der Waals surface area contributed by atoms with Crippen molar-refractivity contribution in [2.75, 3.05) is 0 Å². The lowest BCUT2D eigenvalue weighted by atomic mass is 9.93. The molecular formula is C15H20N2O6. The number of rotatable bonds is 2. The van der Waals surface area contributed by atoms with Crippen molar-refractivity contribution in [3.05, 3.63) is 39.4 Å². The van der Waals surface area contributed by atoms with E-state index in [9.17, 15) is 25.1 Å². The predicted molar refractivity (Wildman–Crippen MR) is 80.6 cm³/mol. The molecule has 0 unspecified atom stereocenters. The summed E-state index contributed by atoms with van der Waals surface area (Å²) in [5, 5.41) is 30.0. The zero-order valence-electron chi connectivity index (χ0n) is 13.2. The number of carbonyl (C=O) groups is 1. The number of aliphatic hydroxyl groups is 2. The largest absolute Gasteiger partial charge is 0.444 e. The summed E-state index contributed by atoms with van der Waals surface area (Å²) in [6, 6.07) is 3.48. The maximum Gasteiger partial charge on any atom is 0.411 e. The maximum atomic E-state index is 12.3. The van der Waals surface area contributed by atoms with Crippen LogP contribution in [0.3, 0.4) is 0 Å². The molecule has 0 spiro atoms. The van der Waals surface area contributed by atoms with E-state index < -0.39 is 28.9 Å². The van der Waals surface area contributed by atoms with Crippen LogP contribution in [0.25, 0.3) is 0 Å². The molecule has 0 bridgehead atoms. The fourth-order valence-electron chi connectivity index (χ4n) is 2.50. The van der Waals surface area contributed by atoms with Crippen LogP contribution < -0.4 is 0 Å². The number of benzene rings is 1. The van der Waals surface area contributed by atoms with Crippen LogP contribution in [0.4, 0.5) is 10.5 Å². The zero-order valence-corrected chi connectivity index (χ0v) is 13.2. The Morgan fingerprint density at radius 2 is 2.04 bits per heavy atom. The van der Waals surface area contributed by atoms with Crippen LogP contribution in [0.2, 0.25) is 0 Å². The highest BCUT2D eigenvalue weighted by Gasteiger charge is 2.36. The van der Waals surface area contributed by atoms with Crippen molar-refractivity contribution in [3.8, 4) is 0 Å². The second kappa shape index (κ2) is 6.13. The van der Waals surface area contributed by atoms with Crippen LogP contribution in [0.5, 0.6) is 0 Å². The lowest BCUT2D eigenvalue weighted by Gasteiger charge is -2.38. The first-order valence-corrected chi connectivity index (χ1v) is 7.20. The topological polar surface area (TPSA) is 113 Å². The van der Waals surface area contributed by atoms with Gasteiger partial charge in [0.1, 0.15) is 5.60 Å². The van der Waals surface area contributed by atoms with Gasteiger partial charge in [0.05, 0.1) is 17.5 Å². The van der Waals surface area contributed by atoms with Gasteiger partial charge in [0.15, 0.2) is 6.29 Å². The van der Waals surface area contributed by atoms with Crippen LogP contribution >= 0.6 is 0 Å². The fraction of sp³-hybridized carbons (Fsp3) is 0.533. The van der Waals surface area contributed by atoms with Crippen molar-refractivity contribution in [2.45, 2.75) is 51.7 Å². The van der Waals surface area contributed by atoms with Gasteiger partial charge in [-0.2, -0.15) is 0 Å². The van der Waals surface area contributed by atoms with Crippen LogP contribution in [0.1, 0.15) is 31.9 Å². The van der Waals surface area contributed by atoms with Gasteiger partial charge < -0.3 is 14.9 Å². The minimum atomic E-state index is -1.73. The third-order valence-electron chi connectivity index (χ3n) is 3.54. The van der Waals surface area contributed by atoms with Crippen molar-refractivity contribution in [1.82, 2.24) is 4.90 Å². The number of nitrogens with zero attached hydrogens (tertiary/aromatic N) is 2. The number of hydrogen-bond donors (Lipinski definition) is 2. The zero-order chi connectivity index (χ0) is 17.4. The van der Waals surface area contributed by atoms with E-state index in [0.717, 1.165) is 5.56 Å². The lowest BCUT2D eigenvalue weighted by molar-refractivity contribution is -0.385. The van der Waals surface area contributed by atoms with E-state index in [1.165, 1.54) is 17.0 Å². The number of amides is 1. The number of nitro groups is 1. The summed E-state index contributed by atoms with van der Waals surface area (Å²) in [6.45, 7) is 5.14. The summed E-state index contributed by atoms with van der Waals surface area (Å²) in [5.41, 5.74) is 0.539. The molecule has 0 saturated heterocycles. The van der Waals surface area contributed by atoms with Crippen molar-refractivity contribution < 1.29 is 24.7 Å². The molecule has 2 N–H and O–H groups in total. The molecule has 1 aliphatic rings. The lowest BCUT2D eigenvalue weighted by Crippen LogP contribution is -2.51. The van der Waals surface area contributed by atoms with Gasteiger partial charge in [0, 0.05) is 12.1 Å². The number of fused-ring (bicyclic) bond motifs is 1. The molecular weight excluding hydrogens is 304 g/mol. The van der Waals surface area contributed by atoms with Gasteiger partial charge in [-0.3, -0.25) is 15.0 Å². The van der Waals surface area contributed by atoms with E-state index >= 15 is 0 Å². The van der Waals surface area contributed by atoms with Gasteiger partial charge in [0.2, 0.25) is 0 Å². The Morgan fingerprint density at radius 1 is 1.39 bits per heavy atom. The predicted octanol–water partition coefficient (Wildman–Crippen LogP) is 1.57. The maximum absolute atomic E-state index is 12.3. The van der Waals surface area contributed by atoms with E-state index in [1.807, 2.05) is 0 Å². The molecule has 23 heavy (non-hydrogen) atoms. The minimum absolute atomic E-state index is 0.0220. The first-order valence-electron chi connectivity index (χ1n) is 7.20. The molecule has 1 amide bonds. The third-order valence-corrected chi connectivity index (χ3v) is 3.54. The second-order valence-corrected chi connectivity index (χ2v) is 6.50. The number of aliphatic hydroxyl groups excluding tert-OH is 1. The fourth-order valence-corrected chi connectivity index (χ4v) is 2.50. The Morgan fingerprint density at radius 3 is 2.57 bits per heavy atom. The summed E-state index contributed by atoms with van der Waals surface area (Å²) in [7, 11) is 0. The van der Waals surface area contributed by atoms with Crippen molar-refractivity contribution >= 4 is 11.8 Å². The summed E-state index contributed by atoms with van der Waals surface area (Å²) >= 11 is 0. The van der Waals surface area contributed by atoms with Gasteiger partial charge in [0.25, 0.3) is 5.69 Å². The minimum Gasteiger partial charge on any atom is -0.444 e. The van der Waals surface area contributed by atoms with Crippen LogP contribution in [-0.2, 0) is 17.7 Å². The molecule has 126 valence electrons. The smallest absolute Gasteiger partial charge is 0.411 e. The summed E-state index contributed by atoms with van der Waals surface area (Å²) in [6.07, 6.45) is -2.23. The number of ether oxygens (including phenoxy) is 1. The van der Waals surface area contributed by atoms with E-state index in [-0.39, 0.29) is 18.7 Å². The molecule has 0 fully saturated rings. The Hall–Kier alpha value is -2.19. The molecule has 0 radical (unpaired) electrons. The molecule has 8 nitrogen and oxygen atoms in total. The molecule has 2 rings (SSSR count). The highest BCUT2D eigenvalue weighted by Crippen LogP contribution is 2.29. The number of non-ortho nitro benzene ring substituents is 1. The van der Waals surface area contributed by atoms with E-state index in [0.29, 0.717) is 5.56 Å². The van der Waals surface area contributed by atoms with Crippen molar-refractivity contribution in [2.24, 2.45) is 0 Å². The Kier molecular flexibility index (Phi) is 4.58. The highest BCUT2D eigenvalue weighted by molar-refractivity contribution is 5.69. The molecule has 0 aliphatic carbocycles. The number of nitro benzene ring substituents is 1. The molecule has 0 saturated carbocycles. The highest BCUT2D eigenvalue weighted by atomic mass is 16.6. The molecule has 0 aromatic heterocycles. The van der Waals surface area contributed by atoms with Gasteiger partial charge in [-0.05, 0) is 38.3 Å². The Bertz CT molecular complexity index is 623. The van der Waals surface area contributed by atoms with Gasteiger partial charge in [-0.15, -0.1) is 0 Å². The van der Waals surface area contributed by atoms with Gasteiger partial charge in [-0.1, -0.05) is 6.07 Å². The van der Waals surface area contributed by atoms with Crippen LogP contribution in [-0.4, -0.2) is 44.1 Å². The monoisotopic (exact) mass is 324 g/mol. The number of carbonyl (C=O) groups excluding carboxylic acids is 1. The molecule has 1 heterocycles. The molecule has 1 atom stereocenters.